The molecule has 0 radical (unpaired) electrons. The minimum absolute atomic E-state index is 0.125. The molecule has 0 aliphatic carbocycles. The van der Waals surface area contributed by atoms with E-state index in [1.807, 2.05) is 20.1 Å². The van der Waals surface area contributed by atoms with Crippen LogP contribution in [0.4, 0.5) is 4.79 Å². The number of alkyl carbamates (subject to hydrolysis) is 1. The summed E-state index contributed by atoms with van der Waals surface area (Å²) in [4.78, 5) is 40.8. The van der Waals surface area contributed by atoms with E-state index in [1.165, 1.54) is 16.7 Å². The van der Waals surface area contributed by atoms with Crippen LogP contribution in [-0.2, 0) is 14.3 Å². The highest BCUT2D eigenvalue weighted by Crippen LogP contribution is 2.26. The third-order valence-electron chi connectivity index (χ3n) is 4.63. The van der Waals surface area contributed by atoms with Crippen LogP contribution < -0.4 is 10.6 Å². The van der Waals surface area contributed by atoms with Crippen LogP contribution in [0.15, 0.2) is 24.3 Å². The predicted molar refractivity (Wildman–Crippen MR) is 135 cm³/mol. The van der Waals surface area contributed by atoms with Gasteiger partial charge in [0.15, 0.2) is 0 Å². The first-order chi connectivity index (χ1) is 15.9. The number of aliphatic hydroxyl groups excluding tert-OH is 1. The van der Waals surface area contributed by atoms with Gasteiger partial charge in [-0.2, -0.15) is 11.8 Å². The first-order valence-electron chi connectivity index (χ1n) is 11.2. The minimum Gasteiger partial charge on any atom is -0.444 e. The van der Waals surface area contributed by atoms with Crippen molar-refractivity contribution < 1.29 is 24.2 Å². The summed E-state index contributed by atoms with van der Waals surface area (Å²) in [7, 11) is 0. The molecule has 1 aromatic carbocycles. The number of benzene rings is 1. The van der Waals surface area contributed by atoms with Crippen molar-refractivity contribution in [3.63, 3.8) is 0 Å². The molecule has 0 spiro atoms. The maximum absolute atomic E-state index is 13.7. The molecule has 3 N–H and O–H groups in total. The fraction of sp³-hybridized carbons (Fsp3) is 0.560. The van der Waals surface area contributed by atoms with Crippen molar-refractivity contribution in [2.24, 2.45) is 0 Å². The van der Waals surface area contributed by atoms with Gasteiger partial charge >= 0.3 is 6.09 Å². The average Bonchev–Trinajstić information content (AvgIpc) is 2.74. The molecule has 0 aliphatic rings. The number of nitrogens with one attached hydrogen (secondary N) is 2. The lowest BCUT2D eigenvalue weighted by Crippen LogP contribution is -2.54. The lowest BCUT2D eigenvalue weighted by Gasteiger charge is -2.35. The van der Waals surface area contributed by atoms with Crippen LogP contribution >= 0.6 is 11.8 Å². The van der Waals surface area contributed by atoms with Crippen molar-refractivity contribution in [3.05, 3.63) is 35.4 Å². The van der Waals surface area contributed by atoms with Crippen LogP contribution in [0.3, 0.4) is 0 Å². The van der Waals surface area contributed by atoms with Crippen LogP contribution in [0.5, 0.6) is 0 Å². The second-order valence-electron chi connectivity index (χ2n) is 9.03. The number of terminal acetylenes is 1. The zero-order chi connectivity index (χ0) is 25.9. The van der Waals surface area contributed by atoms with Gasteiger partial charge < -0.3 is 25.4 Å². The van der Waals surface area contributed by atoms with Crippen molar-refractivity contribution in [1.29, 1.82) is 0 Å². The number of rotatable bonds is 11. The minimum atomic E-state index is -1.09. The fourth-order valence-corrected chi connectivity index (χ4v) is 3.77. The van der Waals surface area contributed by atoms with Crippen molar-refractivity contribution in [2.75, 3.05) is 25.2 Å². The summed E-state index contributed by atoms with van der Waals surface area (Å²) >= 11 is 1.52. The summed E-state index contributed by atoms with van der Waals surface area (Å²) in [6.07, 6.45) is 7.15. The molecule has 0 aliphatic heterocycles. The molecule has 0 aromatic heterocycles. The van der Waals surface area contributed by atoms with Gasteiger partial charge in [-0.25, -0.2) is 4.79 Å². The number of aliphatic hydroxyl groups is 1. The molecular formula is C25H37N3O5S. The number of carbonyl (C=O) groups is 3. The van der Waals surface area contributed by atoms with Gasteiger partial charge in [0.25, 0.3) is 0 Å². The Hall–Kier alpha value is -2.70. The first kappa shape index (κ1) is 29.3. The van der Waals surface area contributed by atoms with Gasteiger partial charge in [0, 0.05) is 18.2 Å². The first-order valence-corrected chi connectivity index (χ1v) is 12.6. The van der Waals surface area contributed by atoms with Gasteiger partial charge in [-0.05, 0) is 64.7 Å². The smallest absolute Gasteiger partial charge is 0.408 e. The Morgan fingerprint density at radius 2 is 1.85 bits per heavy atom. The molecule has 2 atom stereocenters. The van der Waals surface area contributed by atoms with E-state index < -0.39 is 35.6 Å². The van der Waals surface area contributed by atoms with Crippen LogP contribution in [0.25, 0.3) is 0 Å². The Kier molecular flexibility index (Phi) is 12.0. The molecule has 3 amide bonds. The number of ether oxygens (including phenoxy) is 1. The van der Waals surface area contributed by atoms with E-state index in [2.05, 4.69) is 16.6 Å². The highest BCUT2D eigenvalue weighted by atomic mass is 32.2. The van der Waals surface area contributed by atoms with Crippen molar-refractivity contribution in [3.8, 4) is 12.3 Å². The van der Waals surface area contributed by atoms with E-state index in [0.29, 0.717) is 23.3 Å². The molecule has 8 nitrogen and oxygen atoms in total. The number of amides is 3. The summed E-state index contributed by atoms with van der Waals surface area (Å²) in [6.45, 7) is 8.30. The maximum Gasteiger partial charge on any atom is 0.408 e. The molecule has 0 saturated heterocycles. The van der Waals surface area contributed by atoms with Crippen molar-refractivity contribution in [2.45, 2.75) is 64.8 Å². The molecule has 0 heterocycles. The summed E-state index contributed by atoms with van der Waals surface area (Å²) in [5, 5.41) is 15.3. The van der Waals surface area contributed by atoms with E-state index in [9.17, 15) is 19.5 Å². The summed E-state index contributed by atoms with van der Waals surface area (Å²) in [5.74, 6) is 2.21. The highest BCUT2D eigenvalue weighted by Gasteiger charge is 2.37. The van der Waals surface area contributed by atoms with Crippen LogP contribution in [-0.4, -0.2) is 70.8 Å². The normalized spacial score (nSPS) is 12.9. The molecule has 1 aromatic rings. The average molecular weight is 492 g/mol. The lowest BCUT2D eigenvalue weighted by atomic mass is 9.97. The van der Waals surface area contributed by atoms with Gasteiger partial charge in [0.2, 0.25) is 11.8 Å². The number of nitrogens with zero attached hydrogens (tertiary/aromatic N) is 1. The van der Waals surface area contributed by atoms with Gasteiger partial charge in [-0.1, -0.05) is 24.1 Å². The van der Waals surface area contributed by atoms with Gasteiger partial charge in [-0.3, -0.25) is 9.59 Å². The Labute approximate surface area is 207 Å². The topological polar surface area (TPSA) is 108 Å². The fourth-order valence-electron chi connectivity index (χ4n) is 3.30. The van der Waals surface area contributed by atoms with Crippen LogP contribution in [0, 0.1) is 12.3 Å². The Morgan fingerprint density at radius 3 is 2.38 bits per heavy atom. The quantitative estimate of drug-likeness (QED) is 0.411. The second-order valence-corrected chi connectivity index (χ2v) is 10.0. The van der Waals surface area contributed by atoms with Gasteiger partial charge in [0.05, 0.1) is 6.61 Å². The summed E-state index contributed by atoms with van der Waals surface area (Å²) in [6, 6.07) is 4.63. The molecule has 9 heteroatoms. The van der Waals surface area contributed by atoms with Gasteiger partial charge in [0.1, 0.15) is 17.7 Å². The maximum atomic E-state index is 13.7. The molecule has 2 unspecified atom stereocenters. The number of carbonyl (C=O) groups excluding carboxylic acids is 3. The SMILES string of the molecule is C#Cc1ccccc1C(C(=O)NC(C)C)N(CCO)C(=O)C(CCSC)NC(=O)OC(C)(C)C. The van der Waals surface area contributed by atoms with E-state index in [4.69, 9.17) is 11.2 Å². The van der Waals surface area contributed by atoms with E-state index in [0.717, 1.165) is 0 Å². The molecule has 0 saturated carbocycles. The standard InChI is InChI=1S/C25H37N3O5S/c1-8-18-11-9-10-12-19(18)21(22(30)26-17(2)3)28(14-15-29)23(31)20(13-16-34-7)27-24(32)33-25(4,5)6/h1,9-12,17,20-21,29H,13-16H2,2-7H3,(H,26,30)(H,27,32). The lowest BCUT2D eigenvalue weighted by molar-refractivity contribution is -0.143. The molecule has 188 valence electrons. The van der Waals surface area contributed by atoms with Crippen molar-refractivity contribution in [1.82, 2.24) is 15.5 Å². The molecule has 1 rings (SSSR count). The molecular weight excluding hydrogens is 454 g/mol. The third kappa shape index (κ3) is 9.27. The molecule has 0 fully saturated rings. The summed E-state index contributed by atoms with van der Waals surface area (Å²) < 4.78 is 5.34. The summed E-state index contributed by atoms with van der Waals surface area (Å²) in [5.41, 5.74) is 0.182. The molecule has 0 bridgehead atoms. The van der Waals surface area contributed by atoms with Crippen molar-refractivity contribution >= 4 is 29.7 Å². The number of hydrogen-bond donors (Lipinski definition) is 3. The highest BCUT2D eigenvalue weighted by molar-refractivity contribution is 7.98. The zero-order valence-corrected chi connectivity index (χ0v) is 21.7. The van der Waals surface area contributed by atoms with E-state index >= 15 is 0 Å². The third-order valence-corrected chi connectivity index (χ3v) is 5.27. The van der Waals surface area contributed by atoms with Gasteiger partial charge in [-0.15, -0.1) is 6.42 Å². The Bertz CT molecular complexity index is 876. The Balaban J connectivity index is 3.47. The predicted octanol–water partition coefficient (Wildman–Crippen LogP) is 2.70. The van der Waals surface area contributed by atoms with Crippen LogP contribution in [0.1, 0.15) is 58.2 Å². The zero-order valence-electron chi connectivity index (χ0n) is 20.9. The number of thioether (sulfide) groups is 1. The van der Waals surface area contributed by atoms with Crippen LogP contribution in [0.2, 0.25) is 0 Å². The van der Waals surface area contributed by atoms with E-state index in [-0.39, 0.29) is 19.2 Å². The monoisotopic (exact) mass is 491 g/mol. The largest absolute Gasteiger partial charge is 0.444 e. The Morgan fingerprint density at radius 1 is 1.21 bits per heavy atom. The number of hydrogen-bond acceptors (Lipinski definition) is 6. The second kappa shape index (κ2) is 13.9. The van der Waals surface area contributed by atoms with E-state index in [1.54, 1.807) is 45.0 Å². The molecule has 34 heavy (non-hydrogen) atoms.